The molecule has 1 aliphatic carbocycles. The molecular formula is C34H41N3O4S. The number of carboxylic acids is 1. The highest BCUT2D eigenvalue weighted by Gasteiger charge is 2.48. The first-order chi connectivity index (χ1) is 20.6. The van der Waals surface area contributed by atoms with Crippen molar-refractivity contribution in [3.63, 3.8) is 0 Å². The Labute approximate surface area is 254 Å². The fourth-order valence-electron chi connectivity index (χ4n) is 6.34. The number of hydrogen-bond donors (Lipinski definition) is 1. The molecule has 5 rings (SSSR count). The van der Waals surface area contributed by atoms with Crippen molar-refractivity contribution in [1.29, 1.82) is 0 Å². The van der Waals surface area contributed by atoms with Gasteiger partial charge in [-0.1, -0.05) is 73.2 Å². The summed E-state index contributed by atoms with van der Waals surface area (Å²) in [4.78, 5) is 17.6. The zero-order valence-corrected chi connectivity index (χ0v) is 24.9. The standard InChI is InChI=1S/C34H41N3O4S/c38-32(39)14-8-2-1-7-13-29-30(40-24-26-15-17-28(18-16-26)27-11-5-3-6-12-27)23-31(33(29)36-20-9-4-10-21-36)41-34(42)37-22-19-35-25-37/h1-3,5-6,11-12,15-19,22,25,29-31,33H,4,7-10,13-14,20-21,23-24H2,(H,38,39). The molecule has 0 bridgehead atoms. The summed E-state index contributed by atoms with van der Waals surface area (Å²) in [5, 5.41) is 9.39. The van der Waals surface area contributed by atoms with Crippen molar-refractivity contribution in [1.82, 2.24) is 14.5 Å². The lowest BCUT2D eigenvalue weighted by Gasteiger charge is -2.39. The van der Waals surface area contributed by atoms with E-state index in [1.54, 1.807) is 17.1 Å². The van der Waals surface area contributed by atoms with Gasteiger partial charge >= 0.3 is 5.97 Å². The van der Waals surface area contributed by atoms with Gasteiger partial charge < -0.3 is 14.6 Å². The van der Waals surface area contributed by atoms with E-state index in [1.165, 1.54) is 30.4 Å². The van der Waals surface area contributed by atoms with Gasteiger partial charge in [0.25, 0.3) is 5.17 Å². The van der Waals surface area contributed by atoms with Gasteiger partial charge in [0.15, 0.2) is 0 Å². The first-order valence-corrected chi connectivity index (χ1v) is 15.5. The maximum Gasteiger partial charge on any atom is 0.303 e. The first-order valence-electron chi connectivity index (χ1n) is 15.1. The van der Waals surface area contributed by atoms with Gasteiger partial charge in [0, 0.05) is 31.2 Å². The zero-order chi connectivity index (χ0) is 29.1. The fraction of sp³-hybridized carbons (Fsp3) is 0.441. The van der Waals surface area contributed by atoms with Crippen LogP contribution in [0.1, 0.15) is 56.9 Å². The Hall–Kier alpha value is -3.33. The average Bonchev–Trinajstić information content (AvgIpc) is 3.68. The summed E-state index contributed by atoms with van der Waals surface area (Å²) in [5.74, 6) is -0.494. The summed E-state index contributed by atoms with van der Waals surface area (Å²) < 4.78 is 15.0. The Balaban J connectivity index is 1.31. The number of nitrogens with zero attached hydrogens (tertiary/aromatic N) is 3. The van der Waals surface area contributed by atoms with Crippen LogP contribution in [0.5, 0.6) is 0 Å². The van der Waals surface area contributed by atoms with Crippen LogP contribution in [0, 0.1) is 5.92 Å². The van der Waals surface area contributed by atoms with Gasteiger partial charge in [-0.15, -0.1) is 0 Å². The molecule has 1 aromatic heterocycles. The van der Waals surface area contributed by atoms with Gasteiger partial charge in [0.2, 0.25) is 0 Å². The molecule has 0 amide bonds. The van der Waals surface area contributed by atoms with Crippen LogP contribution in [0.3, 0.4) is 0 Å². The Morgan fingerprint density at radius 2 is 1.71 bits per heavy atom. The summed E-state index contributed by atoms with van der Waals surface area (Å²) in [6.07, 6.45) is 16.2. The van der Waals surface area contributed by atoms with Gasteiger partial charge in [-0.2, -0.15) is 0 Å². The second-order valence-electron chi connectivity index (χ2n) is 11.3. The molecule has 222 valence electrons. The lowest BCUT2D eigenvalue weighted by atomic mass is 9.92. The van der Waals surface area contributed by atoms with Crippen LogP contribution >= 0.6 is 12.2 Å². The molecule has 2 heterocycles. The minimum Gasteiger partial charge on any atom is -0.481 e. The van der Waals surface area contributed by atoms with Crippen LogP contribution in [0.4, 0.5) is 0 Å². The van der Waals surface area contributed by atoms with Crippen LogP contribution in [-0.4, -0.2) is 62.0 Å². The highest BCUT2D eigenvalue weighted by Crippen LogP contribution is 2.39. The van der Waals surface area contributed by atoms with Crippen LogP contribution in [0.2, 0.25) is 0 Å². The molecule has 0 spiro atoms. The molecule has 7 nitrogen and oxygen atoms in total. The number of rotatable bonds is 12. The largest absolute Gasteiger partial charge is 0.481 e. The van der Waals surface area contributed by atoms with Crippen LogP contribution in [0.15, 0.2) is 85.5 Å². The van der Waals surface area contributed by atoms with Gasteiger partial charge in [0.1, 0.15) is 12.4 Å². The number of aromatic nitrogens is 2. The molecule has 2 aliphatic rings. The number of imidazole rings is 1. The minimum atomic E-state index is -0.764. The molecule has 2 aromatic carbocycles. The average molecular weight is 588 g/mol. The van der Waals surface area contributed by atoms with Gasteiger partial charge in [-0.25, -0.2) is 4.98 Å². The predicted octanol–water partition coefficient (Wildman–Crippen LogP) is 6.73. The number of hydrogen-bond acceptors (Lipinski definition) is 6. The van der Waals surface area contributed by atoms with E-state index in [9.17, 15) is 4.79 Å². The number of allylic oxidation sites excluding steroid dienone is 2. The Morgan fingerprint density at radius 1 is 0.976 bits per heavy atom. The highest BCUT2D eigenvalue weighted by atomic mass is 32.1. The second kappa shape index (κ2) is 15.2. The lowest BCUT2D eigenvalue weighted by molar-refractivity contribution is -0.136. The van der Waals surface area contributed by atoms with Gasteiger partial charge in [-0.3, -0.25) is 14.3 Å². The quantitative estimate of drug-likeness (QED) is 0.186. The van der Waals surface area contributed by atoms with E-state index in [-0.39, 0.29) is 30.6 Å². The van der Waals surface area contributed by atoms with Crippen molar-refractivity contribution in [3.8, 4) is 11.1 Å². The number of aliphatic carboxylic acids is 1. The molecule has 3 aromatic rings. The molecule has 2 fully saturated rings. The van der Waals surface area contributed by atoms with Crippen molar-refractivity contribution in [2.24, 2.45) is 5.92 Å². The lowest BCUT2D eigenvalue weighted by Crippen LogP contribution is -2.49. The maximum absolute atomic E-state index is 10.9. The second-order valence-corrected chi connectivity index (χ2v) is 11.6. The van der Waals surface area contributed by atoms with Gasteiger partial charge in [-0.05, 0) is 74.1 Å². The molecule has 4 unspecified atom stereocenters. The molecule has 4 atom stereocenters. The van der Waals surface area contributed by atoms with Crippen molar-refractivity contribution in [2.75, 3.05) is 13.1 Å². The number of carbonyl (C=O) groups is 1. The highest BCUT2D eigenvalue weighted by molar-refractivity contribution is 7.80. The predicted molar refractivity (Wildman–Crippen MR) is 168 cm³/mol. The third-order valence-electron chi connectivity index (χ3n) is 8.42. The Morgan fingerprint density at radius 3 is 2.43 bits per heavy atom. The van der Waals surface area contributed by atoms with E-state index in [2.05, 4.69) is 64.5 Å². The maximum atomic E-state index is 10.9. The summed E-state index contributed by atoms with van der Waals surface area (Å²) in [6, 6.07) is 19.2. The van der Waals surface area contributed by atoms with E-state index in [0.717, 1.165) is 37.9 Å². The summed E-state index contributed by atoms with van der Waals surface area (Å²) >= 11 is 5.67. The number of benzene rings is 2. The van der Waals surface area contributed by atoms with Crippen molar-refractivity contribution < 1.29 is 19.4 Å². The molecular weight excluding hydrogens is 546 g/mol. The van der Waals surface area contributed by atoms with Crippen molar-refractivity contribution in [2.45, 2.75) is 76.2 Å². The number of likely N-dealkylation sites (tertiary alicyclic amines) is 1. The molecule has 42 heavy (non-hydrogen) atoms. The van der Waals surface area contributed by atoms with Crippen LogP contribution < -0.4 is 0 Å². The third-order valence-corrected chi connectivity index (χ3v) is 8.73. The molecule has 8 heteroatoms. The van der Waals surface area contributed by atoms with E-state index < -0.39 is 5.97 Å². The summed E-state index contributed by atoms with van der Waals surface area (Å²) in [7, 11) is 0. The van der Waals surface area contributed by atoms with Crippen LogP contribution in [0.25, 0.3) is 11.1 Å². The molecule has 1 aliphatic heterocycles. The first kappa shape index (κ1) is 30.1. The number of thiocarbonyl (C=S) groups is 1. The molecule has 1 N–H and O–H groups in total. The van der Waals surface area contributed by atoms with Crippen LogP contribution in [-0.2, 0) is 20.9 Å². The fourth-order valence-corrected chi connectivity index (χ4v) is 6.57. The number of carboxylic acid groups (broad SMARTS) is 1. The van der Waals surface area contributed by atoms with E-state index in [1.807, 2.05) is 18.3 Å². The monoisotopic (exact) mass is 587 g/mol. The topological polar surface area (TPSA) is 76.8 Å². The molecule has 0 radical (unpaired) electrons. The summed E-state index contributed by atoms with van der Waals surface area (Å²) in [5.41, 5.74) is 3.55. The van der Waals surface area contributed by atoms with E-state index in [0.29, 0.717) is 18.2 Å². The van der Waals surface area contributed by atoms with Gasteiger partial charge in [0.05, 0.1) is 18.8 Å². The van der Waals surface area contributed by atoms with Crippen molar-refractivity contribution >= 4 is 23.4 Å². The number of piperidine rings is 1. The minimum absolute atomic E-state index is 0.0220. The smallest absolute Gasteiger partial charge is 0.303 e. The zero-order valence-electron chi connectivity index (χ0n) is 24.1. The summed E-state index contributed by atoms with van der Waals surface area (Å²) in [6.45, 7) is 2.65. The Bertz CT molecular complexity index is 1290. The number of ether oxygens (including phenoxy) is 2. The Kier molecular flexibility index (Phi) is 10.9. The van der Waals surface area contributed by atoms with Crippen molar-refractivity contribution in [3.05, 3.63) is 91.0 Å². The van der Waals surface area contributed by atoms with E-state index in [4.69, 9.17) is 26.8 Å². The molecule has 1 saturated heterocycles. The third kappa shape index (κ3) is 8.15. The normalized spacial score (nSPS) is 22.9. The SMILES string of the molecule is O=C(O)CCC=CCCC1C(OCc2ccc(-c3ccccc3)cc2)CC(OC(=S)n2ccnc2)C1N1CCCCC1. The van der Waals surface area contributed by atoms with E-state index >= 15 is 0 Å². The molecule has 1 saturated carbocycles.